The van der Waals surface area contributed by atoms with Crippen molar-refractivity contribution in [1.82, 2.24) is 5.32 Å². The fraction of sp³-hybridized carbons (Fsp3) is 0.647. The molecule has 0 radical (unpaired) electrons. The van der Waals surface area contributed by atoms with Gasteiger partial charge in [0.25, 0.3) is 0 Å². The van der Waals surface area contributed by atoms with E-state index in [2.05, 4.69) is 35.6 Å². The van der Waals surface area contributed by atoms with Gasteiger partial charge in [0.15, 0.2) is 0 Å². The third-order valence-electron chi connectivity index (χ3n) is 4.70. The summed E-state index contributed by atoms with van der Waals surface area (Å²) in [5.41, 5.74) is 1.52. The fourth-order valence-electron chi connectivity index (χ4n) is 3.44. The summed E-state index contributed by atoms with van der Waals surface area (Å²) in [6.07, 6.45) is 10.1. The maximum absolute atomic E-state index is 3.75. The quantitative estimate of drug-likeness (QED) is 0.821. The van der Waals surface area contributed by atoms with Gasteiger partial charge in [-0.25, -0.2) is 0 Å². The molecule has 0 amide bonds. The van der Waals surface area contributed by atoms with E-state index in [1.54, 1.807) is 0 Å². The first-order valence-corrected chi connectivity index (χ1v) is 7.72. The predicted octanol–water partition coefficient (Wildman–Crippen LogP) is 4.10. The van der Waals surface area contributed by atoms with E-state index in [0.29, 0.717) is 0 Å². The molecule has 1 aromatic carbocycles. The number of hydrogen-bond acceptors (Lipinski definition) is 1. The molecule has 2 saturated carbocycles. The van der Waals surface area contributed by atoms with E-state index in [-0.39, 0.29) is 0 Å². The van der Waals surface area contributed by atoms with Crippen LogP contribution in [0.5, 0.6) is 0 Å². The summed E-state index contributed by atoms with van der Waals surface area (Å²) in [7, 11) is 0. The maximum Gasteiger partial charge on any atom is 0.0143 e. The van der Waals surface area contributed by atoms with Crippen molar-refractivity contribution in [3.05, 3.63) is 35.9 Å². The molecular formula is C17H25N. The minimum absolute atomic E-state index is 0.760. The van der Waals surface area contributed by atoms with Crippen LogP contribution in [-0.2, 0) is 0 Å². The Morgan fingerprint density at radius 3 is 2.56 bits per heavy atom. The van der Waals surface area contributed by atoms with Gasteiger partial charge < -0.3 is 5.32 Å². The van der Waals surface area contributed by atoms with E-state index in [1.807, 2.05) is 0 Å². The van der Waals surface area contributed by atoms with E-state index < -0.39 is 0 Å². The van der Waals surface area contributed by atoms with Crippen LogP contribution in [0.25, 0.3) is 0 Å². The Balaban J connectivity index is 1.36. The standard InChI is InChI=1S/C17H25N/c1-3-7-14(8-4-1)11-12-18-17-13-16(17)15-9-5-2-6-10-15/h2,5-6,9-10,14,16-18H,1,3-4,7-8,11-13H2/t16?,17-/m0/s1. The van der Waals surface area contributed by atoms with Crippen molar-refractivity contribution >= 4 is 0 Å². The number of nitrogens with one attached hydrogen (secondary N) is 1. The van der Waals surface area contributed by atoms with E-state index in [1.165, 1.54) is 57.1 Å². The zero-order valence-electron chi connectivity index (χ0n) is 11.3. The Morgan fingerprint density at radius 2 is 1.78 bits per heavy atom. The molecule has 1 aromatic rings. The molecule has 0 heterocycles. The molecule has 1 unspecified atom stereocenters. The topological polar surface area (TPSA) is 12.0 Å². The number of benzene rings is 1. The molecule has 98 valence electrons. The molecule has 0 saturated heterocycles. The summed E-state index contributed by atoms with van der Waals surface area (Å²) in [6, 6.07) is 11.7. The molecule has 3 rings (SSSR count). The monoisotopic (exact) mass is 243 g/mol. The summed E-state index contributed by atoms with van der Waals surface area (Å²) >= 11 is 0. The van der Waals surface area contributed by atoms with Gasteiger partial charge in [0, 0.05) is 12.0 Å². The zero-order chi connectivity index (χ0) is 12.2. The fourth-order valence-corrected chi connectivity index (χ4v) is 3.44. The van der Waals surface area contributed by atoms with Crippen LogP contribution < -0.4 is 5.32 Å². The average molecular weight is 243 g/mol. The van der Waals surface area contributed by atoms with Crippen LogP contribution >= 0.6 is 0 Å². The van der Waals surface area contributed by atoms with Crippen molar-refractivity contribution in [3.8, 4) is 0 Å². The Bertz CT molecular complexity index is 353. The Kier molecular flexibility index (Phi) is 3.99. The second kappa shape index (κ2) is 5.88. The lowest BCUT2D eigenvalue weighted by molar-refractivity contribution is 0.333. The summed E-state index contributed by atoms with van der Waals surface area (Å²) in [4.78, 5) is 0. The highest BCUT2D eigenvalue weighted by Gasteiger charge is 2.37. The van der Waals surface area contributed by atoms with E-state index in [4.69, 9.17) is 0 Å². The molecule has 0 aliphatic heterocycles. The van der Waals surface area contributed by atoms with Gasteiger partial charge in [-0.2, -0.15) is 0 Å². The second-order valence-corrected chi connectivity index (χ2v) is 6.11. The van der Waals surface area contributed by atoms with Gasteiger partial charge >= 0.3 is 0 Å². The third-order valence-corrected chi connectivity index (χ3v) is 4.70. The summed E-state index contributed by atoms with van der Waals surface area (Å²) in [5.74, 6) is 1.80. The highest BCUT2D eigenvalue weighted by molar-refractivity contribution is 5.27. The van der Waals surface area contributed by atoms with Gasteiger partial charge in [0.05, 0.1) is 0 Å². The van der Waals surface area contributed by atoms with Crippen LogP contribution in [0.3, 0.4) is 0 Å². The molecule has 1 N–H and O–H groups in total. The number of rotatable bonds is 5. The Hall–Kier alpha value is -0.820. The normalized spacial score (nSPS) is 28.2. The molecule has 2 aliphatic rings. The van der Waals surface area contributed by atoms with Gasteiger partial charge in [-0.05, 0) is 30.9 Å². The first-order chi connectivity index (χ1) is 8.93. The van der Waals surface area contributed by atoms with Gasteiger partial charge in [0.1, 0.15) is 0 Å². The zero-order valence-corrected chi connectivity index (χ0v) is 11.3. The summed E-state index contributed by atoms with van der Waals surface area (Å²) in [6.45, 7) is 1.23. The van der Waals surface area contributed by atoms with Crippen molar-refractivity contribution in [2.75, 3.05) is 6.54 Å². The van der Waals surface area contributed by atoms with Crippen molar-refractivity contribution in [3.63, 3.8) is 0 Å². The second-order valence-electron chi connectivity index (χ2n) is 6.11. The van der Waals surface area contributed by atoms with Gasteiger partial charge in [-0.1, -0.05) is 62.4 Å². The van der Waals surface area contributed by atoms with Gasteiger partial charge in [-0.15, -0.1) is 0 Å². The molecule has 2 atom stereocenters. The number of hydrogen-bond donors (Lipinski definition) is 1. The Morgan fingerprint density at radius 1 is 1.00 bits per heavy atom. The van der Waals surface area contributed by atoms with Crippen molar-refractivity contribution in [2.24, 2.45) is 5.92 Å². The van der Waals surface area contributed by atoms with E-state index in [9.17, 15) is 0 Å². The lowest BCUT2D eigenvalue weighted by atomic mass is 9.87. The molecule has 1 nitrogen and oxygen atoms in total. The maximum atomic E-state index is 3.75. The average Bonchev–Trinajstić information content (AvgIpc) is 3.21. The largest absolute Gasteiger partial charge is 0.313 e. The minimum atomic E-state index is 0.760. The lowest BCUT2D eigenvalue weighted by Crippen LogP contribution is -2.22. The van der Waals surface area contributed by atoms with Crippen LogP contribution in [0, 0.1) is 5.92 Å². The van der Waals surface area contributed by atoms with Crippen LogP contribution in [0.15, 0.2) is 30.3 Å². The molecule has 1 heteroatoms. The highest BCUT2D eigenvalue weighted by Crippen LogP contribution is 2.40. The van der Waals surface area contributed by atoms with Gasteiger partial charge in [-0.3, -0.25) is 0 Å². The smallest absolute Gasteiger partial charge is 0.0143 e. The first kappa shape index (κ1) is 12.2. The van der Waals surface area contributed by atoms with E-state index >= 15 is 0 Å². The predicted molar refractivity (Wildman–Crippen MR) is 76.8 cm³/mol. The molecule has 0 spiro atoms. The SMILES string of the molecule is c1ccc(C2C[C@@H]2NCCC2CCCCC2)cc1. The van der Waals surface area contributed by atoms with Crippen LogP contribution in [0.2, 0.25) is 0 Å². The molecule has 18 heavy (non-hydrogen) atoms. The highest BCUT2D eigenvalue weighted by atomic mass is 15.0. The molecule has 2 fully saturated rings. The van der Waals surface area contributed by atoms with E-state index in [0.717, 1.165) is 17.9 Å². The van der Waals surface area contributed by atoms with Crippen molar-refractivity contribution < 1.29 is 0 Å². The summed E-state index contributed by atoms with van der Waals surface area (Å²) < 4.78 is 0. The minimum Gasteiger partial charge on any atom is -0.313 e. The van der Waals surface area contributed by atoms with Crippen molar-refractivity contribution in [1.29, 1.82) is 0 Å². The molecule has 0 bridgehead atoms. The van der Waals surface area contributed by atoms with Crippen LogP contribution in [0.4, 0.5) is 0 Å². The first-order valence-electron chi connectivity index (χ1n) is 7.72. The third kappa shape index (κ3) is 3.14. The molecule has 0 aromatic heterocycles. The summed E-state index contributed by atoms with van der Waals surface area (Å²) in [5, 5.41) is 3.75. The van der Waals surface area contributed by atoms with Crippen molar-refractivity contribution in [2.45, 2.75) is 56.9 Å². The lowest BCUT2D eigenvalue weighted by Gasteiger charge is -2.21. The van der Waals surface area contributed by atoms with Crippen LogP contribution in [0.1, 0.15) is 56.4 Å². The Labute approximate surface area is 111 Å². The van der Waals surface area contributed by atoms with Gasteiger partial charge in [0.2, 0.25) is 0 Å². The molecule has 2 aliphatic carbocycles. The molecular weight excluding hydrogens is 218 g/mol. The van der Waals surface area contributed by atoms with Crippen LogP contribution in [-0.4, -0.2) is 12.6 Å².